The minimum atomic E-state index is -3.59. The molecule has 0 aliphatic rings. The highest BCUT2D eigenvalue weighted by atomic mass is 35.5. The van der Waals surface area contributed by atoms with Gasteiger partial charge in [-0.25, -0.2) is 8.42 Å². The molecule has 1 N–H and O–H groups in total. The van der Waals surface area contributed by atoms with Crippen LogP contribution in [0.25, 0.3) is 0 Å². The van der Waals surface area contributed by atoms with E-state index in [1.165, 1.54) is 9.87 Å². The Kier molecular flexibility index (Phi) is 8.66. The molecule has 0 saturated heterocycles. The van der Waals surface area contributed by atoms with E-state index in [4.69, 9.17) is 11.6 Å². The summed E-state index contributed by atoms with van der Waals surface area (Å²) >= 11 is 7.57. The van der Waals surface area contributed by atoms with Crippen LogP contribution in [0.3, 0.4) is 0 Å². The van der Waals surface area contributed by atoms with Crippen molar-refractivity contribution in [2.45, 2.75) is 25.1 Å². The van der Waals surface area contributed by atoms with Crippen LogP contribution in [0.1, 0.15) is 18.9 Å². The monoisotopic (exact) mass is 440 g/mol. The standard InChI is InChI=1S/C20H25ClN2O3S2/c1-3-19(23(28(2,25)26)18-7-5-4-6-8-18)20(24)22-13-14-27-15-16-9-11-17(21)12-10-16/h4-12,19H,3,13-15H2,1-2H3,(H,22,24)/t19-/m0/s1. The summed E-state index contributed by atoms with van der Waals surface area (Å²) < 4.78 is 25.9. The van der Waals surface area contributed by atoms with Gasteiger partial charge in [-0.15, -0.1) is 0 Å². The van der Waals surface area contributed by atoms with Gasteiger partial charge in [-0.1, -0.05) is 48.9 Å². The Labute approximate surface area is 176 Å². The number of thioether (sulfide) groups is 1. The molecule has 0 aromatic heterocycles. The van der Waals surface area contributed by atoms with Crippen LogP contribution in [-0.2, 0) is 20.6 Å². The number of nitrogens with one attached hydrogen (secondary N) is 1. The fraction of sp³-hybridized carbons (Fsp3) is 0.350. The second-order valence-corrected chi connectivity index (χ2v) is 9.69. The molecular formula is C20H25ClN2O3S2. The zero-order chi connectivity index (χ0) is 20.6. The molecule has 8 heteroatoms. The van der Waals surface area contributed by atoms with Crippen molar-refractivity contribution in [2.24, 2.45) is 0 Å². The molecule has 1 atom stereocenters. The summed E-state index contributed by atoms with van der Waals surface area (Å²) in [5.41, 5.74) is 1.66. The summed E-state index contributed by atoms with van der Waals surface area (Å²) in [4.78, 5) is 12.7. The maximum atomic E-state index is 12.7. The molecule has 2 aromatic carbocycles. The number of hydrogen-bond donors (Lipinski definition) is 1. The first kappa shape index (κ1) is 22.6. The van der Waals surface area contributed by atoms with E-state index in [1.807, 2.05) is 30.3 Å². The molecule has 0 fully saturated rings. The molecule has 0 aliphatic heterocycles. The fourth-order valence-corrected chi connectivity index (χ4v) is 4.93. The molecule has 0 spiro atoms. The summed E-state index contributed by atoms with van der Waals surface area (Å²) in [6.45, 7) is 2.28. The second-order valence-electron chi connectivity index (χ2n) is 6.29. The fourth-order valence-electron chi connectivity index (χ4n) is 2.77. The molecular weight excluding hydrogens is 416 g/mol. The lowest BCUT2D eigenvalue weighted by atomic mass is 10.2. The molecule has 152 valence electrons. The van der Waals surface area contributed by atoms with E-state index in [2.05, 4.69) is 5.32 Å². The Morgan fingerprint density at radius 1 is 1.14 bits per heavy atom. The van der Waals surface area contributed by atoms with Gasteiger partial charge in [0.05, 0.1) is 11.9 Å². The lowest BCUT2D eigenvalue weighted by Crippen LogP contribution is -2.49. The number of sulfonamides is 1. The minimum Gasteiger partial charge on any atom is -0.353 e. The molecule has 0 bridgehead atoms. The quantitative estimate of drug-likeness (QED) is 0.568. The first-order valence-corrected chi connectivity index (χ1v) is 12.4. The van der Waals surface area contributed by atoms with Crippen molar-refractivity contribution in [3.63, 3.8) is 0 Å². The van der Waals surface area contributed by atoms with Crippen LogP contribution in [0, 0.1) is 0 Å². The average molecular weight is 441 g/mol. The van der Waals surface area contributed by atoms with Gasteiger partial charge in [0.25, 0.3) is 0 Å². The van der Waals surface area contributed by atoms with Crippen molar-refractivity contribution in [1.82, 2.24) is 5.32 Å². The predicted molar refractivity (Wildman–Crippen MR) is 118 cm³/mol. The number of rotatable bonds is 10. The zero-order valence-electron chi connectivity index (χ0n) is 16.0. The van der Waals surface area contributed by atoms with Crippen LogP contribution < -0.4 is 9.62 Å². The van der Waals surface area contributed by atoms with Crippen molar-refractivity contribution in [3.05, 3.63) is 65.2 Å². The third-order valence-electron chi connectivity index (χ3n) is 4.07. The van der Waals surface area contributed by atoms with Gasteiger partial charge >= 0.3 is 0 Å². The predicted octanol–water partition coefficient (Wildman–Crippen LogP) is 3.93. The molecule has 0 saturated carbocycles. The van der Waals surface area contributed by atoms with Gasteiger partial charge in [0.2, 0.25) is 15.9 Å². The molecule has 28 heavy (non-hydrogen) atoms. The highest BCUT2D eigenvalue weighted by molar-refractivity contribution is 7.98. The summed E-state index contributed by atoms with van der Waals surface area (Å²) in [6, 6.07) is 15.6. The number of nitrogens with zero attached hydrogens (tertiary/aromatic N) is 1. The summed E-state index contributed by atoms with van der Waals surface area (Å²) in [7, 11) is -3.59. The van der Waals surface area contributed by atoms with E-state index in [9.17, 15) is 13.2 Å². The molecule has 5 nitrogen and oxygen atoms in total. The Bertz CT molecular complexity index is 859. The smallest absolute Gasteiger partial charge is 0.243 e. The normalized spacial score (nSPS) is 12.4. The van der Waals surface area contributed by atoms with Crippen LogP contribution in [0.4, 0.5) is 5.69 Å². The van der Waals surface area contributed by atoms with E-state index < -0.39 is 16.1 Å². The van der Waals surface area contributed by atoms with Crippen molar-refractivity contribution in [3.8, 4) is 0 Å². The molecule has 0 heterocycles. The van der Waals surface area contributed by atoms with Crippen LogP contribution in [0.15, 0.2) is 54.6 Å². The average Bonchev–Trinajstić information content (AvgIpc) is 2.66. The first-order valence-electron chi connectivity index (χ1n) is 8.97. The van der Waals surface area contributed by atoms with Crippen molar-refractivity contribution < 1.29 is 13.2 Å². The minimum absolute atomic E-state index is 0.288. The maximum absolute atomic E-state index is 12.7. The van der Waals surface area contributed by atoms with Crippen molar-refractivity contribution in [1.29, 1.82) is 0 Å². The number of amides is 1. The van der Waals surface area contributed by atoms with E-state index in [-0.39, 0.29) is 5.91 Å². The number of hydrogen-bond acceptors (Lipinski definition) is 4. The third kappa shape index (κ3) is 6.72. The number of carbonyl (C=O) groups excluding carboxylic acids is 1. The van der Waals surface area contributed by atoms with Gasteiger partial charge in [-0.3, -0.25) is 9.10 Å². The summed E-state index contributed by atoms with van der Waals surface area (Å²) in [6.07, 6.45) is 1.50. The van der Waals surface area contributed by atoms with Gasteiger partial charge in [0.1, 0.15) is 6.04 Å². The van der Waals surface area contributed by atoms with Crippen LogP contribution in [0.2, 0.25) is 5.02 Å². The molecule has 2 rings (SSSR count). The first-order chi connectivity index (χ1) is 13.3. The number of anilines is 1. The summed E-state index contributed by atoms with van der Waals surface area (Å²) in [5.74, 6) is 1.27. The lowest BCUT2D eigenvalue weighted by molar-refractivity contribution is -0.122. The number of benzene rings is 2. The summed E-state index contributed by atoms with van der Waals surface area (Å²) in [5, 5.41) is 3.57. The Hall–Kier alpha value is -1.70. The third-order valence-corrected chi connectivity index (χ3v) is 6.53. The Morgan fingerprint density at radius 2 is 1.79 bits per heavy atom. The van der Waals surface area contributed by atoms with Crippen molar-refractivity contribution >= 4 is 45.0 Å². The number of carbonyl (C=O) groups is 1. The lowest BCUT2D eigenvalue weighted by Gasteiger charge is -2.30. The molecule has 2 aromatic rings. The number of para-hydroxylation sites is 1. The Balaban J connectivity index is 1.91. The van der Waals surface area contributed by atoms with Crippen molar-refractivity contribution in [2.75, 3.05) is 22.9 Å². The second kappa shape index (κ2) is 10.7. The zero-order valence-corrected chi connectivity index (χ0v) is 18.4. The molecule has 0 radical (unpaired) electrons. The van der Waals surface area contributed by atoms with Gasteiger partial charge < -0.3 is 5.32 Å². The SMILES string of the molecule is CC[C@@H](C(=O)NCCSCc1ccc(Cl)cc1)N(c1ccccc1)S(C)(=O)=O. The Morgan fingerprint density at radius 3 is 2.36 bits per heavy atom. The van der Waals surface area contributed by atoms with Gasteiger partial charge in [-0.05, 0) is 36.2 Å². The van der Waals surface area contributed by atoms with Gasteiger partial charge in [-0.2, -0.15) is 11.8 Å². The van der Waals surface area contributed by atoms with E-state index in [1.54, 1.807) is 43.0 Å². The van der Waals surface area contributed by atoms with Crippen LogP contribution in [-0.4, -0.2) is 38.9 Å². The van der Waals surface area contributed by atoms with E-state index >= 15 is 0 Å². The van der Waals surface area contributed by atoms with Gasteiger partial charge in [0, 0.05) is 23.1 Å². The molecule has 1 amide bonds. The molecule has 0 unspecified atom stereocenters. The van der Waals surface area contributed by atoms with Crippen LogP contribution >= 0.6 is 23.4 Å². The van der Waals surface area contributed by atoms with E-state index in [0.29, 0.717) is 23.7 Å². The van der Waals surface area contributed by atoms with Crippen LogP contribution in [0.5, 0.6) is 0 Å². The van der Waals surface area contributed by atoms with Gasteiger partial charge in [0.15, 0.2) is 0 Å². The highest BCUT2D eigenvalue weighted by Gasteiger charge is 2.31. The topological polar surface area (TPSA) is 66.5 Å². The highest BCUT2D eigenvalue weighted by Crippen LogP contribution is 2.22. The largest absolute Gasteiger partial charge is 0.353 e. The number of halogens is 1. The maximum Gasteiger partial charge on any atom is 0.243 e. The molecule has 0 aliphatic carbocycles. The van der Waals surface area contributed by atoms with E-state index in [0.717, 1.165) is 17.8 Å².